The van der Waals surface area contributed by atoms with Crippen LogP contribution in [0, 0.1) is 11.3 Å². The van der Waals surface area contributed by atoms with Crippen molar-refractivity contribution in [1.29, 1.82) is 5.26 Å². The fourth-order valence-electron chi connectivity index (χ4n) is 4.15. The summed E-state index contributed by atoms with van der Waals surface area (Å²) >= 11 is 5.90. The van der Waals surface area contributed by atoms with E-state index in [2.05, 4.69) is 11.0 Å². The minimum Gasteiger partial charge on any atom is -0.497 e. The highest BCUT2D eigenvalue weighted by Crippen LogP contribution is 2.25. The molecule has 1 heterocycles. The lowest BCUT2D eigenvalue weighted by Gasteiger charge is -2.36. The van der Waals surface area contributed by atoms with Gasteiger partial charge in [0.15, 0.2) is 6.61 Å². The van der Waals surface area contributed by atoms with E-state index < -0.39 is 0 Å². The lowest BCUT2D eigenvalue weighted by molar-refractivity contribution is -0.135. The average molecular weight is 520 g/mol. The van der Waals surface area contributed by atoms with E-state index in [9.17, 15) is 4.79 Å². The Bertz CT molecular complexity index is 1200. The summed E-state index contributed by atoms with van der Waals surface area (Å²) < 4.78 is 17.4. The lowest BCUT2D eigenvalue weighted by Crippen LogP contribution is -2.50. The van der Waals surface area contributed by atoms with Crippen LogP contribution in [0.3, 0.4) is 0 Å². The molecule has 1 aliphatic rings. The van der Waals surface area contributed by atoms with Crippen LogP contribution in [0.5, 0.6) is 11.5 Å². The molecule has 1 saturated heterocycles. The second-order valence-corrected chi connectivity index (χ2v) is 9.25. The number of carbonyl (C=O) groups excluding carboxylic acids is 1. The largest absolute Gasteiger partial charge is 0.497 e. The zero-order valence-electron chi connectivity index (χ0n) is 20.8. The third kappa shape index (κ3) is 7.70. The fourth-order valence-corrected chi connectivity index (χ4v) is 4.28. The monoisotopic (exact) mass is 519 g/mol. The Morgan fingerprint density at radius 2 is 1.73 bits per heavy atom. The van der Waals surface area contributed by atoms with E-state index in [-0.39, 0.29) is 18.6 Å². The number of ether oxygens (including phenoxy) is 3. The molecule has 3 aromatic rings. The summed E-state index contributed by atoms with van der Waals surface area (Å²) in [6.07, 6.45) is -0.179. The van der Waals surface area contributed by atoms with Crippen molar-refractivity contribution in [2.75, 3.05) is 46.4 Å². The molecule has 0 aliphatic carbocycles. The SMILES string of the molecule is COc1cccc(C(CN2CCN(C(=O)COc3ccc(Cl)cc3)CC2)OCc2ccc(C#N)cc2)c1. The van der Waals surface area contributed by atoms with Crippen LogP contribution < -0.4 is 9.47 Å². The zero-order chi connectivity index (χ0) is 26.0. The van der Waals surface area contributed by atoms with Gasteiger partial charge in [-0.2, -0.15) is 5.26 Å². The highest BCUT2D eigenvalue weighted by Gasteiger charge is 2.25. The van der Waals surface area contributed by atoms with Crippen molar-refractivity contribution in [2.24, 2.45) is 0 Å². The van der Waals surface area contributed by atoms with Crippen LogP contribution in [-0.4, -0.2) is 62.1 Å². The first-order valence-corrected chi connectivity index (χ1v) is 12.5. The van der Waals surface area contributed by atoms with Crippen LogP contribution in [0.1, 0.15) is 22.8 Å². The van der Waals surface area contributed by atoms with Gasteiger partial charge in [0.2, 0.25) is 0 Å². The molecule has 1 amide bonds. The number of amides is 1. The van der Waals surface area contributed by atoms with Crippen LogP contribution in [0.2, 0.25) is 5.02 Å². The smallest absolute Gasteiger partial charge is 0.260 e. The molecule has 37 heavy (non-hydrogen) atoms. The van der Waals surface area contributed by atoms with Gasteiger partial charge in [0.1, 0.15) is 11.5 Å². The lowest BCUT2D eigenvalue weighted by atomic mass is 10.1. The predicted molar refractivity (Wildman–Crippen MR) is 142 cm³/mol. The number of rotatable bonds is 10. The van der Waals surface area contributed by atoms with E-state index in [1.54, 1.807) is 43.5 Å². The maximum Gasteiger partial charge on any atom is 0.260 e. The van der Waals surface area contributed by atoms with E-state index in [0.717, 1.165) is 30.0 Å². The third-order valence-electron chi connectivity index (χ3n) is 6.32. The Kier molecular flexibility index (Phi) is 9.39. The molecule has 1 atom stereocenters. The standard InChI is InChI=1S/C29H30ClN3O4/c1-35-27-4-2-3-24(17-27)28(37-20-23-7-5-22(18-31)6-8-23)19-32-13-15-33(16-14-32)29(34)21-36-26-11-9-25(30)10-12-26/h2-12,17,28H,13-16,19-21H2,1H3. The number of carbonyl (C=O) groups is 1. The van der Waals surface area contributed by atoms with Crippen LogP contribution in [0.4, 0.5) is 0 Å². The number of benzene rings is 3. The quantitative estimate of drug-likeness (QED) is 0.386. The van der Waals surface area contributed by atoms with E-state index in [1.807, 2.05) is 41.3 Å². The van der Waals surface area contributed by atoms with E-state index in [4.69, 9.17) is 31.1 Å². The van der Waals surface area contributed by atoms with E-state index >= 15 is 0 Å². The highest BCUT2D eigenvalue weighted by atomic mass is 35.5. The molecular weight excluding hydrogens is 490 g/mol. The van der Waals surface area contributed by atoms with Crippen molar-refractivity contribution < 1.29 is 19.0 Å². The van der Waals surface area contributed by atoms with Crippen LogP contribution in [0.25, 0.3) is 0 Å². The number of nitrogens with zero attached hydrogens (tertiary/aromatic N) is 3. The van der Waals surface area contributed by atoms with Crippen molar-refractivity contribution in [3.8, 4) is 17.6 Å². The van der Waals surface area contributed by atoms with Gasteiger partial charge in [-0.25, -0.2) is 0 Å². The van der Waals surface area contributed by atoms with Gasteiger partial charge in [0.05, 0.1) is 31.5 Å². The molecule has 4 rings (SSSR count). The number of hydrogen-bond acceptors (Lipinski definition) is 6. The highest BCUT2D eigenvalue weighted by molar-refractivity contribution is 6.30. The number of hydrogen-bond donors (Lipinski definition) is 0. The summed E-state index contributed by atoms with van der Waals surface area (Å²) in [4.78, 5) is 16.8. The summed E-state index contributed by atoms with van der Waals surface area (Å²) in [6.45, 7) is 3.86. The summed E-state index contributed by atoms with van der Waals surface area (Å²) in [6, 6.07) is 24.5. The minimum absolute atomic E-state index is 0.00176. The molecule has 3 aromatic carbocycles. The topological polar surface area (TPSA) is 75.0 Å². The first-order valence-electron chi connectivity index (χ1n) is 12.2. The zero-order valence-corrected chi connectivity index (χ0v) is 21.6. The summed E-state index contributed by atoms with van der Waals surface area (Å²) in [5.74, 6) is 1.37. The Balaban J connectivity index is 1.33. The molecule has 0 radical (unpaired) electrons. The van der Waals surface area contributed by atoms with E-state index in [0.29, 0.717) is 42.6 Å². The van der Waals surface area contributed by atoms with Gasteiger partial charge >= 0.3 is 0 Å². The van der Waals surface area contributed by atoms with E-state index in [1.165, 1.54) is 0 Å². The van der Waals surface area contributed by atoms with Gasteiger partial charge in [-0.3, -0.25) is 9.69 Å². The first-order chi connectivity index (χ1) is 18.0. The molecule has 0 spiro atoms. The van der Waals surface area contributed by atoms with Crippen molar-refractivity contribution in [1.82, 2.24) is 9.80 Å². The van der Waals surface area contributed by atoms with Gasteiger partial charge in [-0.1, -0.05) is 35.9 Å². The van der Waals surface area contributed by atoms with Crippen molar-refractivity contribution in [3.63, 3.8) is 0 Å². The Hall–Kier alpha value is -3.57. The number of nitriles is 1. The molecule has 1 unspecified atom stereocenters. The molecule has 8 heteroatoms. The normalized spacial score (nSPS) is 14.6. The molecular formula is C29H30ClN3O4. The van der Waals surface area contributed by atoms with Gasteiger partial charge in [-0.05, 0) is 59.7 Å². The summed E-state index contributed by atoms with van der Waals surface area (Å²) in [5, 5.41) is 9.66. The molecule has 1 fully saturated rings. The molecule has 0 bridgehead atoms. The van der Waals surface area contributed by atoms with Crippen LogP contribution in [-0.2, 0) is 16.1 Å². The van der Waals surface area contributed by atoms with Gasteiger partial charge < -0.3 is 19.1 Å². The predicted octanol–water partition coefficient (Wildman–Crippen LogP) is 4.70. The average Bonchev–Trinajstić information content (AvgIpc) is 2.95. The minimum atomic E-state index is -0.179. The maximum atomic E-state index is 12.7. The van der Waals surface area contributed by atoms with Crippen molar-refractivity contribution in [2.45, 2.75) is 12.7 Å². The molecule has 1 aliphatic heterocycles. The number of halogens is 1. The van der Waals surface area contributed by atoms with Crippen molar-refractivity contribution >= 4 is 17.5 Å². The number of piperazine rings is 1. The van der Waals surface area contributed by atoms with Crippen LogP contribution >= 0.6 is 11.6 Å². The molecule has 0 saturated carbocycles. The number of methoxy groups -OCH3 is 1. The Morgan fingerprint density at radius 3 is 2.41 bits per heavy atom. The Labute approximate surface area is 222 Å². The second kappa shape index (κ2) is 13.1. The van der Waals surface area contributed by atoms with Gasteiger partial charge in [0, 0.05) is 37.7 Å². The first kappa shape index (κ1) is 26.5. The molecule has 0 N–H and O–H groups in total. The fraction of sp³-hybridized carbons (Fsp3) is 0.310. The third-order valence-corrected chi connectivity index (χ3v) is 6.58. The molecule has 0 aromatic heterocycles. The van der Waals surface area contributed by atoms with Crippen LogP contribution in [0.15, 0.2) is 72.8 Å². The van der Waals surface area contributed by atoms with Gasteiger partial charge in [-0.15, -0.1) is 0 Å². The summed E-state index contributed by atoms with van der Waals surface area (Å²) in [7, 11) is 1.65. The summed E-state index contributed by atoms with van der Waals surface area (Å²) in [5.41, 5.74) is 2.66. The van der Waals surface area contributed by atoms with Gasteiger partial charge in [0.25, 0.3) is 5.91 Å². The molecule has 7 nitrogen and oxygen atoms in total. The second-order valence-electron chi connectivity index (χ2n) is 8.81. The molecule has 192 valence electrons. The van der Waals surface area contributed by atoms with Crippen molar-refractivity contribution in [3.05, 3.63) is 94.5 Å². The Morgan fingerprint density at radius 1 is 1.00 bits per heavy atom. The maximum absolute atomic E-state index is 12.7.